The molecule has 2 aromatic rings. The number of carbonyl (C=O) groups excluding carboxylic acids is 1. The highest BCUT2D eigenvalue weighted by Crippen LogP contribution is 2.25. The van der Waals surface area contributed by atoms with Crippen molar-refractivity contribution in [3.63, 3.8) is 0 Å². The molecule has 1 aromatic heterocycles. The van der Waals surface area contributed by atoms with E-state index in [1.807, 2.05) is 6.07 Å². The van der Waals surface area contributed by atoms with Gasteiger partial charge in [0, 0.05) is 37.7 Å². The smallest absolute Gasteiger partial charge is 0.224 e. The topological polar surface area (TPSA) is 63.5 Å². The van der Waals surface area contributed by atoms with Gasteiger partial charge in [-0.2, -0.15) is 0 Å². The van der Waals surface area contributed by atoms with Crippen molar-refractivity contribution >= 4 is 29.3 Å². The quantitative estimate of drug-likeness (QED) is 0.724. The van der Waals surface area contributed by atoms with Crippen LogP contribution in [0.5, 0.6) is 0 Å². The third-order valence-corrected chi connectivity index (χ3v) is 3.73. The number of carbonyl (C=O) groups is 1. The van der Waals surface area contributed by atoms with Crippen LogP contribution in [0.1, 0.15) is 16.7 Å². The van der Waals surface area contributed by atoms with Crippen LogP contribution in [0, 0.1) is 13.8 Å². The van der Waals surface area contributed by atoms with E-state index in [0.717, 1.165) is 29.6 Å². The first-order chi connectivity index (χ1) is 10.6. The largest absolute Gasteiger partial charge is 0.464 e. The van der Waals surface area contributed by atoms with Gasteiger partial charge in [-0.3, -0.25) is 4.79 Å². The van der Waals surface area contributed by atoms with Gasteiger partial charge in [0.2, 0.25) is 5.91 Å². The van der Waals surface area contributed by atoms with Crippen molar-refractivity contribution < 1.29 is 13.9 Å². The summed E-state index contributed by atoms with van der Waals surface area (Å²) in [5.41, 5.74) is 4.17. The lowest BCUT2D eigenvalue weighted by atomic mass is 10.0. The molecule has 5 nitrogen and oxygen atoms in total. The summed E-state index contributed by atoms with van der Waals surface area (Å²) in [6, 6.07) is 4.11. The number of ether oxygens (including phenoxy) is 1. The van der Waals surface area contributed by atoms with Crippen molar-refractivity contribution in [3.8, 4) is 0 Å². The number of amides is 1. The molecule has 0 aliphatic carbocycles. The van der Waals surface area contributed by atoms with Crippen LogP contribution in [0.3, 0.4) is 0 Å². The summed E-state index contributed by atoms with van der Waals surface area (Å²) in [4.78, 5) is 12.0. The Hall–Kier alpha value is -1.56. The van der Waals surface area contributed by atoms with Gasteiger partial charge in [-0.25, -0.2) is 0 Å². The molecule has 0 aliphatic rings. The molecule has 0 unspecified atom stereocenters. The van der Waals surface area contributed by atoms with Crippen LogP contribution in [0.15, 0.2) is 22.8 Å². The zero-order chi connectivity index (χ0) is 15.9. The average Bonchev–Trinajstić information content (AvgIpc) is 2.85. The van der Waals surface area contributed by atoms with E-state index in [9.17, 15) is 4.79 Å². The van der Waals surface area contributed by atoms with Crippen LogP contribution in [0.25, 0.3) is 11.0 Å². The first-order valence-electron chi connectivity index (χ1n) is 7.55. The Bertz CT molecular complexity index is 640. The molecular formula is C17H25ClN2O3. The highest BCUT2D eigenvalue weighted by molar-refractivity contribution is 5.88. The predicted octanol–water partition coefficient (Wildman–Crippen LogP) is 2.37. The Balaban J connectivity index is 0.00000264. The summed E-state index contributed by atoms with van der Waals surface area (Å²) in [6.07, 6.45) is 2.02. The number of methoxy groups -OCH3 is 1. The van der Waals surface area contributed by atoms with Crippen LogP contribution in [-0.4, -0.2) is 39.3 Å². The summed E-state index contributed by atoms with van der Waals surface area (Å²) in [6.45, 7) is 6.93. The molecule has 0 saturated heterocycles. The maximum Gasteiger partial charge on any atom is 0.224 e. The van der Waals surface area contributed by atoms with Gasteiger partial charge in [0.05, 0.1) is 19.3 Å². The van der Waals surface area contributed by atoms with Gasteiger partial charge < -0.3 is 19.8 Å². The van der Waals surface area contributed by atoms with Crippen molar-refractivity contribution in [2.24, 2.45) is 0 Å². The molecule has 1 aromatic carbocycles. The van der Waals surface area contributed by atoms with Crippen LogP contribution in [0.4, 0.5) is 0 Å². The van der Waals surface area contributed by atoms with E-state index in [2.05, 4.69) is 30.5 Å². The Morgan fingerprint density at radius 3 is 2.65 bits per heavy atom. The first kappa shape index (κ1) is 19.5. The van der Waals surface area contributed by atoms with Crippen molar-refractivity contribution in [2.75, 3.05) is 33.4 Å². The van der Waals surface area contributed by atoms with Gasteiger partial charge in [-0.05, 0) is 37.1 Å². The minimum absolute atomic E-state index is 0. The first-order valence-corrected chi connectivity index (χ1v) is 7.55. The SMILES string of the molecule is COCCNCCNC(=O)Cc1coc2cc(C)c(C)cc12.Cl. The minimum atomic E-state index is 0. The number of benzene rings is 1. The highest BCUT2D eigenvalue weighted by atomic mass is 35.5. The van der Waals surface area contributed by atoms with E-state index >= 15 is 0 Å². The molecule has 0 radical (unpaired) electrons. The Kier molecular flexibility index (Phi) is 8.09. The molecule has 2 rings (SSSR count). The maximum atomic E-state index is 12.0. The number of halogens is 1. The third kappa shape index (κ3) is 5.53. The second-order valence-corrected chi connectivity index (χ2v) is 5.46. The lowest BCUT2D eigenvalue weighted by molar-refractivity contribution is -0.120. The van der Waals surface area contributed by atoms with E-state index in [-0.39, 0.29) is 18.3 Å². The van der Waals surface area contributed by atoms with E-state index in [1.54, 1.807) is 13.4 Å². The van der Waals surface area contributed by atoms with Crippen LogP contribution >= 0.6 is 12.4 Å². The van der Waals surface area contributed by atoms with Crippen LogP contribution in [0.2, 0.25) is 0 Å². The molecule has 23 heavy (non-hydrogen) atoms. The van der Waals surface area contributed by atoms with Gasteiger partial charge in [-0.15, -0.1) is 12.4 Å². The molecular weight excluding hydrogens is 316 g/mol. The minimum Gasteiger partial charge on any atom is -0.464 e. The molecule has 0 fully saturated rings. The van der Waals surface area contributed by atoms with E-state index < -0.39 is 0 Å². The number of aryl methyl sites for hydroxylation is 2. The number of hydrogen-bond donors (Lipinski definition) is 2. The zero-order valence-corrected chi connectivity index (χ0v) is 14.7. The molecule has 128 valence electrons. The Morgan fingerprint density at radius 1 is 1.17 bits per heavy atom. The number of nitrogens with one attached hydrogen (secondary N) is 2. The van der Waals surface area contributed by atoms with Gasteiger partial charge in [0.1, 0.15) is 5.58 Å². The maximum absolute atomic E-state index is 12.0. The van der Waals surface area contributed by atoms with Crippen molar-refractivity contribution in [1.82, 2.24) is 10.6 Å². The monoisotopic (exact) mass is 340 g/mol. The van der Waals surface area contributed by atoms with E-state index in [0.29, 0.717) is 19.6 Å². The summed E-state index contributed by atoms with van der Waals surface area (Å²) in [5, 5.41) is 7.11. The molecule has 1 amide bonds. The van der Waals surface area contributed by atoms with Crippen molar-refractivity contribution in [3.05, 3.63) is 35.1 Å². The lowest BCUT2D eigenvalue weighted by Crippen LogP contribution is -2.33. The highest BCUT2D eigenvalue weighted by Gasteiger charge is 2.11. The molecule has 0 aliphatic heterocycles. The van der Waals surface area contributed by atoms with Crippen LogP contribution < -0.4 is 10.6 Å². The number of furan rings is 1. The number of rotatable bonds is 8. The summed E-state index contributed by atoms with van der Waals surface area (Å²) >= 11 is 0. The molecule has 1 heterocycles. The average molecular weight is 341 g/mol. The molecule has 2 N–H and O–H groups in total. The summed E-state index contributed by atoms with van der Waals surface area (Å²) in [5.74, 6) is 0.00877. The lowest BCUT2D eigenvalue weighted by Gasteiger charge is -2.06. The second kappa shape index (κ2) is 9.55. The normalized spacial score (nSPS) is 10.6. The van der Waals surface area contributed by atoms with Gasteiger partial charge >= 0.3 is 0 Å². The van der Waals surface area contributed by atoms with Crippen LogP contribution in [-0.2, 0) is 16.0 Å². The fourth-order valence-corrected chi connectivity index (χ4v) is 2.30. The van der Waals surface area contributed by atoms with Gasteiger partial charge in [0.15, 0.2) is 0 Å². The summed E-state index contributed by atoms with van der Waals surface area (Å²) in [7, 11) is 1.67. The van der Waals surface area contributed by atoms with Crippen molar-refractivity contribution in [1.29, 1.82) is 0 Å². The second-order valence-electron chi connectivity index (χ2n) is 5.46. The Labute approximate surface area is 143 Å². The fraction of sp³-hybridized carbons (Fsp3) is 0.471. The summed E-state index contributed by atoms with van der Waals surface area (Å²) < 4.78 is 10.5. The standard InChI is InChI=1S/C17H24N2O3.ClH/c1-12-8-15-14(11-22-16(15)9-13(12)2)10-17(20)19-5-4-18-6-7-21-3;/h8-9,11,18H,4-7,10H2,1-3H3,(H,19,20);1H. The molecule has 6 heteroatoms. The molecule has 0 bridgehead atoms. The molecule has 0 spiro atoms. The number of fused-ring (bicyclic) bond motifs is 1. The van der Waals surface area contributed by atoms with E-state index in [1.165, 1.54) is 11.1 Å². The van der Waals surface area contributed by atoms with Gasteiger partial charge in [-0.1, -0.05) is 0 Å². The van der Waals surface area contributed by atoms with E-state index in [4.69, 9.17) is 9.15 Å². The fourth-order valence-electron chi connectivity index (χ4n) is 2.30. The number of hydrogen-bond acceptors (Lipinski definition) is 4. The predicted molar refractivity (Wildman–Crippen MR) is 94.4 cm³/mol. The van der Waals surface area contributed by atoms with Gasteiger partial charge in [0.25, 0.3) is 0 Å². The zero-order valence-electron chi connectivity index (χ0n) is 13.9. The third-order valence-electron chi connectivity index (χ3n) is 3.73. The Morgan fingerprint density at radius 2 is 1.91 bits per heavy atom. The van der Waals surface area contributed by atoms with Crippen molar-refractivity contribution in [2.45, 2.75) is 20.3 Å². The molecule has 0 atom stereocenters. The molecule has 0 saturated carbocycles.